The van der Waals surface area contributed by atoms with Crippen LogP contribution in [0.25, 0.3) is 0 Å². The van der Waals surface area contributed by atoms with E-state index in [0.29, 0.717) is 23.0 Å². The molecular formula is C12H12BrClN4O. The zero-order chi connectivity index (χ0) is 13.8. The van der Waals surface area contributed by atoms with Gasteiger partial charge in [0.15, 0.2) is 5.82 Å². The molecule has 0 saturated carbocycles. The smallest absolute Gasteiger partial charge is 0.253 e. The first-order chi connectivity index (χ1) is 9.11. The number of aryl methyl sites for hydroxylation is 1. The van der Waals surface area contributed by atoms with Gasteiger partial charge in [-0.1, -0.05) is 27.5 Å². The first kappa shape index (κ1) is 14.0. The van der Waals surface area contributed by atoms with Crippen LogP contribution < -0.4 is 5.32 Å². The van der Waals surface area contributed by atoms with Gasteiger partial charge in [0.05, 0.1) is 17.1 Å². The van der Waals surface area contributed by atoms with Gasteiger partial charge in [0.25, 0.3) is 5.91 Å². The Morgan fingerprint density at radius 1 is 1.53 bits per heavy atom. The lowest BCUT2D eigenvalue weighted by atomic mass is 10.2. The largest absolute Gasteiger partial charge is 0.345 e. The first-order valence-electron chi connectivity index (χ1n) is 5.71. The van der Waals surface area contributed by atoms with Gasteiger partial charge in [0.1, 0.15) is 6.33 Å². The van der Waals surface area contributed by atoms with Gasteiger partial charge < -0.3 is 9.88 Å². The van der Waals surface area contributed by atoms with Gasteiger partial charge in [-0.05, 0) is 25.1 Å². The molecule has 0 bridgehead atoms. The van der Waals surface area contributed by atoms with Gasteiger partial charge in [0, 0.05) is 11.0 Å². The third-order valence-electron chi connectivity index (χ3n) is 2.62. The van der Waals surface area contributed by atoms with Crippen LogP contribution in [0.2, 0.25) is 5.02 Å². The van der Waals surface area contributed by atoms with Gasteiger partial charge in [-0.2, -0.15) is 0 Å². The van der Waals surface area contributed by atoms with E-state index in [4.69, 9.17) is 11.6 Å². The molecule has 0 radical (unpaired) electrons. The average Bonchev–Trinajstić information content (AvgIpc) is 2.86. The van der Waals surface area contributed by atoms with E-state index in [0.717, 1.165) is 11.0 Å². The molecule has 0 aliphatic heterocycles. The second-order valence-electron chi connectivity index (χ2n) is 3.84. The summed E-state index contributed by atoms with van der Waals surface area (Å²) in [5, 5.41) is 10.9. The Labute approximate surface area is 124 Å². The predicted octanol–water partition coefficient (Wildman–Crippen LogP) is 2.64. The second-order valence-corrected chi connectivity index (χ2v) is 5.16. The van der Waals surface area contributed by atoms with Crippen molar-refractivity contribution in [1.29, 1.82) is 0 Å². The normalized spacial score (nSPS) is 10.5. The van der Waals surface area contributed by atoms with Crippen molar-refractivity contribution in [3.63, 3.8) is 0 Å². The Kier molecular flexibility index (Phi) is 4.55. The molecule has 0 fully saturated rings. The number of amides is 1. The lowest BCUT2D eigenvalue weighted by molar-refractivity contribution is 0.0949. The lowest BCUT2D eigenvalue weighted by Gasteiger charge is -2.07. The van der Waals surface area contributed by atoms with Gasteiger partial charge >= 0.3 is 0 Å². The maximum absolute atomic E-state index is 12.0. The molecule has 0 atom stereocenters. The number of hydrogen-bond acceptors (Lipinski definition) is 3. The van der Waals surface area contributed by atoms with E-state index < -0.39 is 0 Å². The summed E-state index contributed by atoms with van der Waals surface area (Å²) in [5.74, 6) is 0.471. The van der Waals surface area contributed by atoms with E-state index in [9.17, 15) is 4.79 Å². The summed E-state index contributed by atoms with van der Waals surface area (Å²) in [6.07, 6.45) is 1.63. The Balaban J connectivity index is 2.07. The number of aromatic nitrogens is 3. The van der Waals surface area contributed by atoms with Crippen molar-refractivity contribution in [3.05, 3.63) is 45.4 Å². The third-order valence-corrected chi connectivity index (χ3v) is 3.44. The molecule has 1 aromatic heterocycles. The van der Waals surface area contributed by atoms with E-state index in [-0.39, 0.29) is 5.91 Å². The minimum atomic E-state index is -0.239. The molecule has 0 saturated heterocycles. The van der Waals surface area contributed by atoms with Crippen LogP contribution in [0, 0.1) is 0 Å². The van der Waals surface area contributed by atoms with Gasteiger partial charge in [-0.3, -0.25) is 4.79 Å². The fourth-order valence-electron chi connectivity index (χ4n) is 1.61. The molecule has 0 aliphatic rings. The van der Waals surface area contributed by atoms with Crippen molar-refractivity contribution in [2.24, 2.45) is 0 Å². The molecule has 2 aromatic rings. The van der Waals surface area contributed by atoms with Crippen molar-refractivity contribution < 1.29 is 4.79 Å². The zero-order valence-electron chi connectivity index (χ0n) is 10.2. The molecule has 5 nitrogen and oxygen atoms in total. The topological polar surface area (TPSA) is 59.8 Å². The monoisotopic (exact) mass is 342 g/mol. The second kappa shape index (κ2) is 6.16. The number of hydrogen-bond donors (Lipinski definition) is 1. The molecule has 100 valence electrons. The fraction of sp³-hybridized carbons (Fsp3) is 0.250. The average molecular weight is 344 g/mol. The highest BCUT2D eigenvalue weighted by molar-refractivity contribution is 9.10. The number of rotatable bonds is 4. The highest BCUT2D eigenvalue weighted by Gasteiger charge is 2.12. The molecule has 1 amide bonds. The maximum atomic E-state index is 12.0. The quantitative estimate of drug-likeness (QED) is 0.928. The van der Waals surface area contributed by atoms with Crippen LogP contribution in [-0.4, -0.2) is 20.7 Å². The number of nitrogens with zero attached hydrogens (tertiary/aromatic N) is 3. The van der Waals surface area contributed by atoms with Crippen LogP contribution in [0.3, 0.4) is 0 Å². The molecule has 1 heterocycles. The van der Waals surface area contributed by atoms with Crippen molar-refractivity contribution in [1.82, 2.24) is 20.1 Å². The van der Waals surface area contributed by atoms with Gasteiger partial charge in [-0.25, -0.2) is 0 Å². The first-order valence-corrected chi connectivity index (χ1v) is 6.89. The number of carbonyl (C=O) groups excluding carboxylic acids is 1. The Hall–Kier alpha value is -1.40. The molecule has 0 aliphatic carbocycles. The SMILES string of the molecule is CCn1cnnc1CNC(=O)c1cc(Br)ccc1Cl. The fourth-order valence-corrected chi connectivity index (χ4v) is 2.17. The lowest BCUT2D eigenvalue weighted by Crippen LogP contribution is -2.25. The van der Waals surface area contributed by atoms with Crippen LogP contribution >= 0.6 is 27.5 Å². The van der Waals surface area contributed by atoms with Gasteiger partial charge in [0.2, 0.25) is 0 Å². The number of nitrogens with one attached hydrogen (secondary N) is 1. The minimum absolute atomic E-state index is 0.239. The molecule has 1 aromatic carbocycles. The summed E-state index contributed by atoms with van der Waals surface area (Å²) in [4.78, 5) is 12.0. The molecular weight excluding hydrogens is 332 g/mol. The van der Waals surface area contributed by atoms with E-state index in [1.54, 1.807) is 24.5 Å². The minimum Gasteiger partial charge on any atom is -0.345 e. The highest BCUT2D eigenvalue weighted by atomic mass is 79.9. The van der Waals surface area contributed by atoms with E-state index in [2.05, 4.69) is 31.4 Å². The summed E-state index contributed by atoms with van der Waals surface area (Å²) >= 11 is 9.31. The summed E-state index contributed by atoms with van der Waals surface area (Å²) < 4.78 is 2.67. The van der Waals surface area contributed by atoms with Crippen LogP contribution in [0.5, 0.6) is 0 Å². The summed E-state index contributed by atoms with van der Waals surface area (Å²) in [6.45, 7) is 3.06. The molecule has 0 spiro atoms. The standard InChI is InChI=1S/C12H12BrClN4O/c1-2-18-7-16-17-11(18)6-15-12(19)9-5-8(13)3-4-10(9)14/h3-5,7H,2,6H2,1H3,(H,15,19). The van der Waals surface area contributed by atoms with Crippen LogP contribution in [0.4, 0.5) is 0 Å². The van der Waals surface area contributed by atoms with Crippen LogP contribution in [0.15, 0.2) is 29.0 Å². The molecule has 7 heteroatoms. The molecule has 1 N–H and O–H groups in total. The van der Waals surface area contributed by atoms with Crippen molar-refractivity contribution >= 4 is 33.4 Å². The number of carbonyl (C=O) groups is 1. The third kappa shape index (κ3) is 3.33. The van der Waals surface area contributed by atoms with Crippen molar-refractivity contribution in [3.8, 4) is 0 Å². The zero-order valence-corrected chi connectivity index (χ0v) is 12.6. The summed E-state index contributed by atoms with van der Waals surface area (Å²) in [5.41, 5.74) is 0.429. The highest BCUT2D eigenvalue weighted by Crippen LogP contribution is 2.20. The molecule has 0 unspecified atom stereocenters. The number of halogens is 2. The van der Waals surface area contributed by atoms with Gasteiger partial charge in [-0.15, -0.1) is 10.2 Å². The number of benzene rings is 1. The van der Waals surface area contributed by atoms with Crippen LogP contribution in [0.1, 0.15) is 23.1 Å². The summed E-state index contributed by atoms with van der Waals surface area (Å²) in [7, 11) is 0. The van der Waals surface area contributed by atoms with Crippen molar-refractivity contribution in [2.45, 2.75) is 20.0 Å². The Bertz CT molecular complexity index is 599. The Morgan fingerprint density at radius 2 is 2.32 bits per heavy atom. The van der Waals surface area contributed by atoms with E-state index in [1.807, 2.05) is 11.5 Å². The predicted molar refractivity (Wildman–Crippen MR) is 76.0 cm³/mol. The van der Waals surface area contributed by atoms with Crippen molar-refractivity contribution in [2.75, 3.05) is 0 Å². The molecule has 2 rings (SSSR count). The summed E-state index contributed by atoms with van der Waals surface area (Å²) in [6, 6.07) is 5.14. The molecule has 19 heavy (non-hydrogen) atoms. The van der Waals surface area contributed by atoms with E-state index >= 15 is 0 Å². The van der Waals surface area contributed by atoms with E-state index in [1.165, 1.54) is 0 Å². The van der Waals surface area contributed by atoms with Crippen LogP contribution in [-0.2, 0) is 13.1 Å². The Morgan fingerprint density at radius 3 is 3.05 bits per heavy atom. The maximum Gasteiger partial charge on any atom is 0.253 e.